The second-order valence-corrected chi connectivity index (χ2v) is 7.03. The van der Waals surface area contributed by atoms with Crippen LogP contribution in [0.2, 0.25) is 0 Å². The summed E-state index contributed by atoms with van der Waals surface area (Å²) in [7, 11) is 3.76. The van der Waals surface area contributed by atoms with Gasteiger partial charge in [0, 0.05) is 42.7 Å². The number of non-ortho nitro benzene ring substituents is 1. The van der Waals surface area contributed by atoms with Gasteiger partial charge in [0.2, 0.25) is 0 Å². The molecule has 0 saturated heterocycles. The molecule has 0 saturated carbocycles. The molecule has 0 spiro atoms. The first-order valence-corrected chi connectivity index (χ1v) is 8.84. The van der Waals surface area contributed by atoms with Gasteiger partial charge in [0.15, 0.2) is 0 Å². The first-order chi connectivity index (χ1) is 12.5. The number of nitro groups is 1. The monoisotopic (exact) mass is 365 g/mol. The molecule has 0 amide bonds. The quantitative estimate of drug-likeness (QED) is 0.403. The lowest BCUT2D eigenvalue weighted by Crippen LogP contribution is -2.20. The molecule has 6 nitrogen and oxygen atoms in total. The Morgan fingerprint density at radius 1 is 1.12 bits per heavy atom. The van der Waals surface area contributed by atoms with Crippen molar-refractivity contribution >= 4 is 43.7 Å². The van der Waals surface area contributed by atoms with Crippen LogP contribution in [0.15, 0.2) is 58.7 Å². The van der Waals surface area contributed by atoms with Crippen molar-refractivity contribution in [3.63, 3.8) is 0 Å². The van der Waals surface area contributed by atoms with Crippen LogP contribution in [0, 0.1) is 10.1 Å². The van der Waals surface area contributed by atoms with Gasteiger partial charge in [-0.05, 0) is 18.2 Å². The van der Waals surface area contributed by atoms with Crippen LogP contribution < -0.4 is 10.5 Å². The fraction of sp³-hybridized carbons (Fsp3) is 0.105. The van der Waals surface area contributed by atoms with E-state index in [1.54, 1.807) is 16.7 Å². The third-order valence-electron chi connectivity index (χ3n) is 4.36. The van der Waals surface area contributed by atoms with Gasteiger partial charge in [-0.3, -0.25) is 19.5 Å². The summed E-state index contributed by atoms with van der Waals surface area (Å²) in [5.74, 6) is 0. The number of aromatic nitrogens is 1. The molecular formula is C19H15N3O3S. The number of nitrogens with zero attached hydrogens (tertiary/aromatic N) is 3. The smallest absolute Gasteiger partial charge is 0.270 e. The molecule has 0 fully saturated rings. The van der Waals surface area contributed by atoms with E-state index in [0.29, 0.717) is 16.3 Å². The number of benzene rings is 2. The van der Waals surface area contributed by atoms with Crippen molar-refractivity contribution in [1.82, 2.24) is 4.57 Å². The Balaban J connectivity index is 2.24. The molecule has 0 unspecified atom stereocenters. The maximum atomic E-state index is 13.4. The molecular weight excluding hydrogens is 350 g/mol. The van der Waals surface area contributed by atoms with Gasteiger partial charge in [0.1, 0.15) is 0 Å². The summed E-state index contributed by atoms with van der Waals surface area (Å²) in [5.41, 5.74) is 2.09. The standard InChI is InChI=1S/C19H15N3O3S/c1-20(2)16-11-26-18-14-10-13(22(24)25)8-9-15(14)21(19(23)17(16)18)12-6-4-3-5-7-12/h3-11H,1-2H3. The van der Waals surface area contributed by atoms with E-state index in [4.69, 9.17) is 0 Å². The van der Waals surface area contributed by atoms with Gasteiger partial charge in [-0.2, -0.15) is 0 Å². The molecule has 0 radical (unpaired) electrons. The van der Waals surface area contributed by atoms with E-state index in [9.17, 15) is 14.9 Å². The molecule has 0 aliphatic heterocycles. The average molecular weight is 365 g/mol. The zero-order valence-corrected chi connectivity index (χ0v) is 15.0. The summed E-state index contributed by atoms with van der Waals surface area (Å²) in [4.78, 5) is 26.1. The summed E-state index contributed by atoms with van der Waals surface area (Å²) < 4.78 is 2.39. The maximum absolute atomic E-state index is 13.4. The Morgan fingerprint density at radius 2 is 1.85 bits per heavy atom. The van der Waals surface area contributed by atoms with Crippen molar-refractivity contribution in [3.8, 4) is 5.69 Å². The molecule has 26 heavy (non-hydrogen) atoms. The fourth-order valence-corrected chi connectivity index (χ4v) is 4.31. The van der Waals surface area contributed by atoms with E-state index in [2.05, 4.69) is 0 Å². The van der Waals surface area contributed by atoms with E-state index in [1.807, 2.05) is 54.7 Å². The molecule has 0 bridgehead atoms. The second-order valence-electron chi connectivity index (χ2n) is 6.15. The highest BCUT2D eigenvalue weighted by molar-refractivity contribution is 7.18. The number of nitro benzene ring substituents is 1. The number of pyridine rings is 1. The molecule has 2 aromatic carbocycles. The molecule has 0 aliphatic rings. The zero-order valence-electron chi connectivity index (χ0n) is 14.2. The van der Waals surface area contributed by atoms with Gasteiger partial charge in [0.05, 0.1) is 26.2 Å². The van der Waals surface area contributed by atoms with Gasteiger partial charge < -0.3 is 4.90 Å². The van der Waals surface area contributed by atoms with Crippen molar-refractivity contribution in [1.29, 1.82) is 0 Å². The predicted molar refractivity (Wildman–Crippen MR) is 106 cm³/mol. The number of hydrogen-bond donors (Lipinski definition) is 0. The Hall–Kier alpha value is -3.19. The molecule has 0 N–H and O–H groups in total. The minimum atomic E-state index is -0.413. The number of rotatable bonds is 3. The van der Waals surface area contributed by atoms with Gasteiger partial charge >= 0.3 is 0 Å². The third-order valence-corrected chi connectivity index (χ3v) is 5.36. The van der Waals surface area contributed by atoms with E-state index in [1.165, 1.54) is 17.4 Å². The number of para-hydroxylation sites is 1. The Kier molecular flexibility index (Phi) is 3.73. The van der Waals surface area contributed by atoms with Gasteiger partial charge in [-0.1, -0.05) is 18.2 Å². The molecule has 2 aromatic heterocycles. The highest BCUT2D eigenvalue weighted by atomic mass is 32.1. The van der Waals surface area contributed by atoms with Crippen molar-refractivity contribution in [2.75, 3.05) is 19.0 Å². The highest BCUT2D eigenvalue weighted by Crippen LogP contribution is 2.36. The van der Waals surface area contributed by atoms with E-state index in [-0.39, 0.29) is 11.2 Å². The molecule has 4 aromatic rings. The third kappa shape index (κ3) is 2.36. The summed E-state index contributed by atoms with van der Waals surface area (Å²) in [6.45, 7) is 0. The molecule has 7 heteroatoms. The van der Waals surface area contributed by atoms with Gasteiger partial charge in [-0.15, -0.1) is 11.3 Å². The molecule has 130 valence electrons. The summed E-state index contributed by atoms with van der Waals surface area (Å²) >= 11 is 1.43. The summed E-state index contributed by atoms with van der Waals surface area (Å²) in [6.07, 6.45) is 0. The zero-order chi connectivity index (χ0) is 18.4. The lowest BCUT2D eigenvalue weighted by atomic mass is 10.1. The van der Waals surface area contributed by atoms with Crippen LogP contribution in [-0.4, -0.2) is 23.6 Å². The van der Waals surface area contributed by atoms with Crippen LogP contribution in [0.5, 0.6) is 0 Å². The number of thiophene rings is 1. The number of hydrogen-bond acceptors (Lipinski definition) is 5. The average Bonchev–Trinajstić information content (AvgIpc) is 3.08. The normalized spacial score (nSPS) is 11.2. The summed E-state index contributed by atoms with van der Waals surface area (Å²) in [6, 6.07) is 14.0. The topological polar surface area (TPSA) is 68.4 Å². The Bertz CT molecular complexity index is 1210. The van der Waals surface area contributed by atoms with Gasteiger partial charge in [-0.25, -0.2) is 0 Å². The van der Waals surface area contributed by atoms with E-state index < -0.39 is 4.92 Å². The highest BCUT2D eigenvalue weighted by Gasteiger charge is 2.19. The molecule has 0 atom stereocenters. The van der Waals surface area contributed by atoms with Crippen molar-refractivity contribution in [2.45, 2.75) is 0 Å². The predicted octanol–water partition coefficient (Wildman–Crippen LogP) is 4.18. The maximum Gasteiger partial charge on any atom is 0.270 e. The van der Waals surface area contributed by atoms with Crippen LogP contribution in [0.3, 0.4) is 0 Å². The minimum Gasteiger partial charge on any atom is -0.376 e. The first kappa shape index (κ1) is 16.3. The van der Waals surface area contributed by atoms with Crippen LogP contribution in [0.1, 0.15) is 0 Å². The number of fused-ring (bicyclic) bond motifs is 3. The Morgan fingerprint density at radius 3 is 2.50 bits per heavy atom. The van der Waals surface area contributed by atoms with Crippen molar-refractivity contribution in [2.24, 2.45) is 0 Å². The van der Waals surface area contributed by atoms with E-state index >= 15 is 0 Å². The Labute approximate surface area is 152 Å². The molecule has 4 rings (SSSR count). The van der Waals surface area contributed by atoms with Crippen molar-refractivity contribution in [3.05, 3.63) is 74.4 Å². The van der Waals surface area contributed by atoms with Crippen LogP contribution in [0.4, 0.5) is 11.4 Å². The van der Waals surface area contributed by atoms with Crippen LogP contribution in [0.25, 0.3) is 26.7 Å². The van der Waals surface area contributed by atoms with E-state index in [0.717, 1.165) is 16.1 Å². The fourth-order valence-electron chi connectivity index (χ4n) is 3.15. The molecule has 0 aliphatic carbocycles. The SMILES string of the molecule is CN(C)c1csc2c1c(=O)n(-c1ccccc1)c1ccc([N+](=O)[O-])cc21. The summed E-state index contributed by atoms with van der Waals surface area (Å²) in [5, 5.41) is 14.4. The second kappa shape index (κ2) is 5.96. The minimum absolute atomic E-state index is 0.0110. The van der Waals surface area contributed by atoms with Gasteiger partial charge in [0.25, 0.3) is 11.2 Å². The largest absolute Gasteiger partial charge is 0.376 e. The number of anilines is 1. The van der Waals surface area contributed by atoms with Crippen molar-refractivity contribution < 1.29 is 4.92 Å². The first-order valence-electron chi connectivity index (χ1n) is 7.96. The lowest BCUT2D eigenvalue weighted by molar-refractivity contribution is -0.384. The lowest BCUT2D eigenvalue weighted by Gasteiger charge is -2.14. The molecule has 2 heterocycles. The van der Waals surface area contributed by atoms with Crippen LogP contribution in [-0.2, 0) is 0 Å². The van der Waals surface area contributed by atoms with Crippen LogP contribution >= 0.6 is 11.3 Å².